The first kappa shape index (κ1) is 32.1. The number of amidine groups is 2. The van der Waals surface area contributed by atoms with Crippen LogP contribution in [0.5, 0.6) is 11.5 Å². The predicted molar refractivity (Wildman–Crippen MR) is 224 cm³/mol. The lowest BCUT2D eigenvalue weighted by Crippen LogP contribution is -2.33. The third-order valence-electron chi connectivity index (χ3n) is 11.3. The summed E-state index contributed by atoms with van der Waals surface area (Å²) in [4.78, 5) is 14.6. The van der Waals surface area contributed by atoms with Gasteiger partial charge in [-0.15, -0.1) is 0 Å². The summed E-state index contributed by atoms with van der Waals surface area (Å²) < 4.78 is 6.65. The van der Waals surface area contributed by atoms with Crippen molar-refractivity contribution in [3.8, 4) is 44.9 Å². The van der Waals surface area contributed by atoms with Gasteiger partial charge in [-0.05, 0) is 86.5 Å². The molecule has 0 bridgehead atoms. The van der Waals surface area contributed by atoms with Gasteiger partial charge in [0.15, 0.2) is 5.84 Å². The van der Waals surface area contributed by atoms with Gasteiger partial charge in [-0.25, -0.2) is 9.98 Å². The fraction of sp³-hybridized carbons (Fsp3) is 0.0392. The zero-order valence-corrected chi connectivity index (χ0v) is 30.3. The highest BCUT2D eigenvalue weighted by Crippen LogP contribution is 2.62. The molecule has 56 heavy (non-hydrogen) atoms. The molecule has 11 rings (SSSR count). The van der Waals surface area contributed by atoms with Crippen LogP contribution < -0.4 is 10.1 Å². The molecular formula is C51H34N4O. The summed E-state index contributed by atoms with van der Waals surface area (Å²) in [6, 6.07) is 64.2. The van der Waals surface area contributed by atoms with E-state index in [2.05, 4.69) is 162 Å². The van der Waals surface area contributed by atoms with Crippen LogP contribution in [0.25, 0.3) is 33.4 Å². The minimum atomic E-state index is -0.610. The van der Waals surface area contributed by atoms with Gasteiger partial charge in [-0.3, -0.25) is 4.98 Å². The van der Waals surface area contributed by atoms with Crippen LogP contribution in [0.4, 0.5) is 0 Å². The summed E-state index contributed by atoms with van der Waals surface area (Å²) in [5, 5.41) is 3.65. The summed E-state index contributed by atoms with van der Waals surface area (Å²) in [6.07, 6.45) is 3.49. The van der Waals surface area contributed by atoms with Gasteiger partial charge in [-0.2, -0.15) is 0 Å². The third-order valence-corrected chi connectivity index (χ3v) is 11.3. The molecule has 3 aliphatic rings. The maximum atomic E-state index is 6.65. The van der Waals surface area contributed by atoms with Crippen molar-refractivity contribution in [2.75, 3.05) is 0 Å². The Bertz CT molecular complexity index is 2820. The van der Waals surface area contributed by atoms with Crippen molar-refractivity contribution in [3.05, 3.63) is 233 Å². The molecular weight excluding hydrogens is 685 g/mol. The van der Waals surface area contributed by atoms with E-state index >= 15 is 0 Å². The lowest BCUT2D eigenvalue weighted by molar-refractivity contribution is 0.436. The first-order valence-corrected chi connectivity index (χ1v) is 18.9. The molecule has 2 aliphatic heterocycles. The van der Waals surface area contributed by atoms with Gasteiger partial charge in [0.05, 0.1) is 5.41 Å². The van der Waals surface area contributed by atoms with Crippen molar-refractivity contribution in [1.29, 1.82) is 0 Å². The van der Waals surface area contributed by atoms with Crippen molar-refractivity contribution in [2.45, 2.75) is 11.6 Å². The molecule has 0 amide bonds. The summed E-state index contributed by atoms with van der Waals surface area (Å²) in [5.41, 5.74) is 14.1. The van der Waals surface area contributed by atoms with E-state index in [1.807, 2.05) is 42.7 Å². The Morgan fingerprint density at radius 3 is 1.71 bits per heavy atom. The number of pyridine rings is 1. The maximum Gasteiger partial charge on any atom is 0.159 e. The highest BCUT2D eigenvalue weighted by Gasteiger charge is 2.51. The van der Waals surface area contributed by atoms with E-state index in [4.69, 9.17) is 14.7 Å². The van der Waals surface area contributed by atoms with Crippen molar-refractivity contribution >= 4 is 11.7 Å². The molecule has 7 aromatic carbocycles. The van der Waals surface area contributed by atoms with Gasteiger partial charge in [-0.1, -0.05) is 146 Å². The summed E-state index contributed by atoms with van der Waals surface area (Å²) in [5.74, 6) is 3.23. The molecule has 5 heteroatoms. The fourth-order valence-electron chi connectivity index (χ4n) is 8.76. The minimum Gasteiger partial charge on any atom is -0.457 e. The lowest BCUT2D eigenvalue weighted by atomic mass is 9.65. The molecule has 0 fully saturated rings. The Morgan fingerprint density at radius 2 is 1.04 bits per heavy atom. The number of ether oxygens (including phenoxy) is 1. The number of aliphatic imine (C=N–C) groups is 2. The summed E-state index contributed by atoms with van der Waals surface area (Å²) in [7, 11) is 0. The Kier molecular flexibility index (Phi) is 7.39. The largest absolute Gasteiger partial charge is 0.457 e. The molecule has 1 aromatic heterocycles. The normalized spacial score (nSPS) is 15.6. The average Bonchev–Trinajstić information content (AvgIpc) is 3.56. The van der Waals surface area contributed by atoms with Gasteiger partial charge in [0.2, 0.25) is 0 Å². The van der Waals surface area contributed by atoms with Gasteiger partial charge in [0, 0.05) is 34.6 Å². The summed E-state index contributed by atoms with van der Waals surface area (Å²) >= 11 is 0. The zero-order chi connectivity index (χ0) is 37.1. The van der Waals surface area contributed by atoms with Crippen LogP contribution in [-0.2, 0) is 5.41 Å². The van der Waals surface area contributed by atoms with Crippen LogP contribution in [0, 0.1) is 0 Å². The first-order chi connectivity index (χ1) is 27.7. The average molecular weight is 719 g/mol. The molecule has 8 aromatic rings. The van der Waals surface area contributed by atoms with Crippen molar-refractivity contribution < 1.29 is 4.74 Å². The van der Waals surface area contributed by atoms with E-state index in [1.54, 1.807) is 0 Å². The fourth-order valence-corrected chi connectivity index (χ4v) is 8.76. The Balaban J connectivity index is 1.08. The van der Waals surface area contributed by atoms with Crippen LogP contribution in [0.15, 0.2) is 204 Å². The second-order valence-electron chi connectivity index (χ2n) is 14.4. The Hall–Kier alpha value is -7.37. The minimum absolute atomic E-state index is 0.272. The number of aromatic nitrogens is 1. The van der Waals surface area contributed by atoms with Crippen molar-refractivity contribution in [1.82, 2.24) is 10.3 Å². The quantitative estimate of drug-likeness (QED) is 0.193. The number of benzene rings is 7. The van der Waals surface area contributed by atoms with Crippen LogP contribution in [0.3, 0.4) is 0 Å². The van der Waals surface area contributed by atoms with Gasteiger partial charge >= 0.3 is 0 Å². The molecule has 0 radical (unpaired) electrons. The second kappa shape index (κ2) is 12.9. The lowest BCUT2D eigenvalue weighted by Gasteiger charge is -2.39. The molecule has 1 unspecified atom stereocenters. The van der Waals surface area contributed by atoms with E-state index in [0.29, 0.717) is 5.84 Å². The van der Waals surface area contributed by atoms with Gasteiger partial charge in [0.25, 0.3) is 0 Å². The molecule has 264 valence electrons. The highest BCUT2D eigenvalue weighted by molar-refractivity contribution is 6.13. The molecule has 1 spiro atoms. The van der Waals surface area contributed by atoms with Crippen LogP contribution in [0.1, 0.15) is 45.1 Å². The van der Waals surface area contributed by atoms with E-state index < -0.39 is 5.41 Å². The number of rotatable bonds is 5. The number of nitrogens with one attached hydrogen (secondary N) is 1. The predicted octanol–water partition coefficient (Wildman–Crippen LogP) is 11.4. The Labute approximate surface area is 325 Å². The van der Waals surface area contributed by atoms with E-state index in [9.17, 15) is 0 Å². The SMILES string of the molecule is c1ccc(C2=NC(c3ccccc3)NC(c3cccc(-c4ccc5c(c4)C4(c6ccccc6Oc6ccccc64)c4cc(-c6cccnc6)ccc4-5)c3)=N2)cc1. The maximum absolute atomic E-state index is 6.65. The van der Waals surface area contributed by atoms with E-state index in [-0.39, 0.29) is 6.17 Å². The summed E-state index contributed by atoms with van der Waals surface area (Å²) in [6.45, 7) is 0. The monoisotopic (exact) mass is 718 g/mol. The Morgan fingerprint density at radius 1 is 0.464 bits per heavy atom. The molecule has 0 saturated carbocycles. The molecule has 1 atom stereocenters. The molecule has 3 heterocycles. The zero-order valence-electron chi connectivity index (χ0n) is 30.3. The number of hydrogen-bond acceptors (Lipinski definition) is 5. The molecule has 1 aliphatic carbocycles. The van der Waals surface area contributed by atoms with Crippen LogP contribution in [0.2, 0.25) is 0 Å². The molecule has 1 N–H and O–H groups in total. The third kappa shape index (κ3) is 5.05. The van der Waals surface area contributed by atoms with Crippen LogP contribution >= 0.6 is 0 Å². The van der Waals surface area contributed by atoms with E-state index in [0.717, 1.165) is 67.4 Å². The molecule has 5 nitrogen and oxygen atoms in total. The number of nitrogens with zero attached hydrogens (tertiary/aromatic N) is 3. The van der Waals surface area contributed by atoms with E-state index in [1.165, 1.54) is 22.3 Å². The van der Waals surface area contributed by atoms with Gasteiger partial charge < -0.3 is 10.1 Å². The number of fused-ring (bicyclic) bond motifs is 9. The van der Waals surface area contributed by atoms with Crippen molar-refractivity contribution in [3.63, 3.8) is 0 Å². The molecule has 0 saturated heterocycles. The number of hydrogen-bond donors (Lipinski definition) is 1. The van der Waals surface area contributed by atoms with Gasteiger partial charge in [0.1, 0.15) is 23.5 Å². The second-order valence-corrected chi connectivity index (χ2v) is 14.4. The first-order valence-electron chi connectivity index (χ1n) is 18.9. The van der Waals surface area contributed by atoms with Crippen LogP contribution in [-0.4, -0.2) is 16.7 Å². The highest BCUT2D eigenvalue weighted by atomic mass is 16.5. The number of para-hydroxylation sites is 2. The smallest absolute Gasteiger partial charge is 0.159 e. The standard InChI is InChI=1S/C51H34N4O/c1-3-13-33(14-4-1)48-53-49(34-15-5-2-6-16-34)55-50(54-48)38-18-11-17-35(29-38)36-24-26-40-41-27-25-37(39-19-12-28-52-32-39)31-45(41)51(44(40)30-36)42-20-7-9-22-46(42)56-47-23-10-8-21-43(47)51/h1-32,48H,(H,53,54,55). The topological polar surface area (TPSA) is 58.9 Å². The van der Waals surface area contributed by atoms with Crippen molar-refractivity contribution in [2.24, 2.45) is 9.98 Å².